The molecule has 0 saturated heterocycles. The summed E-state index contributed by atoms with van der Waals surface area (Å²) in [7, 11) is 0. The molecule has 0 aliphatic heterocycles. The Morgan fingerprint density at radius 2 is 1.64 bits per heavy atom. The Kier molecular flexibility index (Phi) is 6.37. The molecule has 2 rings (SSSR count). The highest BCUT2D eigenvalue weighted by atomic mass is 16.5. The number of aryl methyl sites for hydroxylation is 4. The maximum atomic E-state index is 6.10. The maximum Gasteiger partial charge on any atom is 0.223 e. The van der Waals surface area contributed by atoms with Crippen LogP contribution in [0.15, 0.2) is 12.1 Å². The lowest BCUT2D eigenvalue weighted by Gasteiger charge is -2.20. The first-order chi connectivity index (χ1) is 11.9. The Morgan fingerprint density at radius 3 is 2.16 bits per heavy atom. The monoisotopic (exact) mass is 342 g/mol. The highest BCUT2D eigenvalue weighted by molar-refractivity contribution is 5.68. The lowest BCUT2D eigenvalue weighted by molar-refractivity contribution is 0.182. The fourth-order valence-electron chi connectivity index (χ4n) is 3.06. The minimum atomic E-state index is 0.135. The second-order valence-electron chi connectivity index (χ2n) is 6.56. The number of hydrogen-bond acceptors (Lipinski definition) is 5. The Morgan fingerprint density at radius 1 is 1.04 bits per heavy atom. The Bertz CT molecular complexity index is 716. The van der Waals surface area contributed by atoms with Gasteiger partial charge in [0.05, 0.1) is 11.7 Å². The lowest BCUT2D eigenvalue weighted by atomic mass is 10.0. The topological polar surface area (TPSA) is 73.1 Å². The van der Waals surface area contributed by atoms with E-state index in [0.29, 0.717) is 18.2 Å². The molecular formula is C20H30N4O. The van der Waals surface area contributed by atoms with Crippen LogP contribution in [-0.2, 0) is 6.54 Å². The number of ether oxygens (including phenoxy) is 1. The third-order valence-electron chi connectivity index (χ3n) is 4.39. The van der Waals surface area contributed by atoms with E-state index in [9.17, 15) is 0 Å². The standard InChI is InChI=1S/C20H30N4O/c1-7-16(8-2)25-20-17(11-21)19(22-15(6)23-20)24-18-13(4)9-12(3)10-14(18)5/h9-10,16H,7-8,11,21H2,1-6H3,(H,22,23,24). The van der Waals surface area contributed by atoms with Crippen molar-refractivity contribution >= 4 is 11.5 Å². The number of nitrogens with zero attached hydrogens (tertiary/aromatic N) is 2. The minimum absolute atomic E-state index is 0.135. The highest BCUT2D eigenvalue weighted by Gasteiger charge is 2.17. The van der Waals surface area contributed by atoms with E-state index in [1.165, 1.54) is 16.7 Å². The molecule has 0 aliphatic rings. The van der Waals surface area contributed by atoms with E-state index in [4.69, 9.17) is 10.5 Å². The molecule has 0 aliphatic carbocycles. The quantitative estimate of drug-likeness (QED) is 0.776. The summed E-state index contributed by atoms with van der Waals surface area (Å²) >= 11 is 0. The molecule has 0 bridgehead atoms. The number of nitrogens with one attached hydrogen (secondary N) is 1. The van der Waals surface area contributed by atoms with Crippen LogP contribution in [0.3, 0.4) is 0 Å². The van der Waals surface area contributed by atoms with Crippen LogP contribution in [0.1, 0.15) is 54.8 Å². The molecule has 2 aromatic rings. The molecule has 1 aromatic heterocycles. The van der Waals surface area contributed by atoms with Gasteiger partial charge in [0, 0.05) is 12.2 Å². The molecule has 1 aromatic carbocycles. The van der Waals surface area contributed by atoms with Gasteiger partial charge in [-0.25, -0.2) is 4.98 Å². The summed E-state index contributed by atoms with van der Waals surface area (Å²) in [5.41, 5.74) is 11.5. The van der Waals surface area contributed by atoms with Crippen molar-refractivity contribution < 1.29 is 4.74 Å². The fourth-order valence-corrected chi connectivity index (χ4v) is 3.06. The molecule has 25 heavy (non-hydrogen) atoms. The summed E-state index contributed by atoms with van der Waals surface area (Å²) in [6.07, 6.45) is 2.00. The van der Waals surface area contributed by atoms with E-state index in [0.717, 1.165) is 29.9 Å². The van der Waals surface area contributed by atoms with Crippen LogP contribution < -0.4 is 15.8 Å². The molecule has 3 N–H and O–H groups in total. The van der Waals surface area contributed by atoms with Crippen LogP contribution >= 0.6 is 0 Å². The van der Waals surface area contributed by atoms with Crippen molar-refractivity contribution in [2.24, 2.45) is 5.73 Å². The molecule has 0 saturated carbocycles. The zero-order valence-corrected chi connectivity index (χ0v) is 16.2. The lowest BCUT2D eigenvalue weighted by Crippen LogP contribution is -2.18. The van der Waals surface area contributed by atoms with Crippen molar-refractivity contribution in [2.75, 3.05) is 5.32 Å². The van der Waals surface area contributed by atoms with Crippen LogP contribution in [0.5, 0.6) is 5.88 Å². The van der Waals surface area contributed by atoms with Gasteiger partial charge in [0.15, 0.2) is 0 Å². The maximum absolute atomic E-state index is 6.10. The molecule has 0 radical (unpaired) electrons. The number of aromatic nitrogens is 2. The van der Waals surface area contributed by atoms with E-state index < -0.39 is 0 Å². The molecule has 1 heterocycles. The molecule has 0 fully saturated rings. The number of benzene rings is 1. The van der Waals surface area contributed by atoms with E-state index in [2.05, 4.69) is 62.0 Å². The van der Waals surface area contributed by atoms with Crippen LogP contribution in [0, 0.1) is 27.7 Å². The van der Waals surface area contributed by atoms with Crippen LogP contribution in [0.2, 0.25) is 0 Å². The first-order valence-electron chi connectivity index (χ1n) is 8.98. The van der Waals surface area contributed by atoms with Crippen molar-refractivity contribution in [3.63, 3.8) is 0 Å². The number of hydrogen-bond donors (Lipinski definition) is 2. The average Bonchev–Trinajstić information content (AvgIpc) is 2.55. The second kappa shape index (κ2) is 8.30. The molecule has 5 nitrogen and oxygen atoms in total. The van der Waals surface area contributed by atoms with Crippen LogP contribution in [0.25, 0.3) is 0 Å². The van der Waals surface area contributed by atoms with Crippen molar-refractivity contribution in [3.05, 3.63) is 40.2 Å². The van der Waals surface area contributed by atoms with Crippen LogP contribution in [-0.4, -0.2) is 16.1 Å². The van der Waals surface area contributed by atoms with E-state index in [-0.39, 0.29) is 6.10 Å². The van der Waals surface area contributed by atoms with Gasteiger partial charge >= 0.3 is 0 Å². The Labute approximate surface area is 151 Å². The number of rotatable bonds is 7. The summed E-state index contributed by atoms with van der Waals surface area (Å²) in [6.45, 7) is 12.7. The van der Waals surface area contributed by atoms with Gasteiger partial charge < -0.3 is 15.8 Å². The molecule has 0 amide bonds. The average molecular weight is 342 g/mol. The zero-order valence-electron chi connectivity index (χ0n) is 16.2. The number of anilines is 2. The van der Waals surface area contributed by atoms with Gasteiger partial charge in [0.2, 0.25) is 5.88 Å². The van der Waals surface area contributed by atoms with Crippen molar-refractivity contribution in [1.29, 1.82) is 0 Å². The molecule has 0 atom stereocenters. The zero-order chi connectivity index (χ0) is 18.6. The second-order valence-corrected chi connectivity index (χ2v) is 6.56. The van der Waals surface area contributed by atoms with E-state index in [1.54, 1.807) is 0 Å². The van der Waals surface area contributed by atoms with Gasteiger partial charge in [-0.05, 0) is 51.7 Å². The molecule has 5 heteroatoms. The summed E-state index contributed by atoms with van der Waals surface area (Å²) in [5, 5.41) is 3.47. The van der Waals surface area contributed by atoms with Crippen LogP contribution in [0.4, 0.5) is 11.5 Å². The van der Waals surface area contributed by atoms with Crippen molar-refractivity contribution in [3.8, 4) is 5.88 Å². The Hall–Kier alpha value is -2.14. The molecular weight excluding hydrogens is 312 g/mol. The largest absolute Gasteiger partial charge is 0.474 e. The predicted octanol–water partition coefficient (Wildman–Crippen LogP) is 4.48. The Balaban J connectivity index is 2.46. The molecule has 0 spiro atoms. The smallest absolute Gasteiger partial charge is 0.223 e. The summed E-state index contributed by atoms with van der Waals surface area (Å²) in [5.74, 6) is 1.99. The fraction of sp³-hybridized carbons (Fsp3) is 0.500. The van der Waals surface area contributed by atoms with Gasteiger partial charge in [-0.2, -0.15) is 4.98 Å². The predicted molar refractivity (Wildman–Crippen MR) is 104 cm³/mol. The third kappa shape index (κ3) is 4.48. The number of nitrogens with two attached hydrogens (primary N) is 1. The van der Waals surface area contributed by atoms with Gasteiger partial charge in [-0.3, -0.25) is 0 Å². The van der Waals surface area contributed by atoms with Crippen molar-refractivity contribution in [1.82, 2.24) is 9.97 Å². The summed E-state index contributed by atoms with van der Waals surface area (Å²) < 4.78 is 6.10. The van der Waals surface area contributed by atoms with Crippen molar-refractivity contribution in [2.45, 2.75) is 67.0 Å². The van der Waals surface area contributed by atoms with Gasteiger partial charge in [-0.15, -0.1) is 0 Å². The first kappa shape index (κ1) is 19.2. The van der Waals surface area contributed by atoms with E-state index in [1.807, 2.05) is 6.92 Å². The summed E-state index contributed by atoms with van der Waals surface area (Å²) in [4.78, 5) is 9.07. The molecule has 0 unspecified atom stereocenters. The van der Waals surface area contributed by atoms with Gasteiger partial charge in [0.1, 0.15) is 11.6 Å². The third-order valence-corrected chi connectivity index (χ3v) is 4.39. The SMILES string of the molecule is CCC(CC)Oc1nc(C)nc(Nc2c(C)cc(C)cc2C)c1CN. The first-order valence-corrected chi connectivity index (χ1v) is 8.98. The highest BCUT2D eigenvalue weighted by Crippen LogP contribution is 2.30. The van der Waals surface area contributed by atoms with Gasteiger partial charge in [-0.1, -0.05) is 31.5 Å². The normalized spacial score (nSPS) is 11.0. The minimum Gasteiger partial charge on any atom is -0.474 e. The van der Waals surface area contributed by atoms with E-state index >= 15 is 0 Å². The van der Waals surface area contributed by atoms with Gasteiger partial charge in [0.25, 0.3) is 0 Å². The molecule has 136 valence electrons. The summed E-state index contributed by atoms with van der Waals surface area (Å²) in [6, 6.07) is 4.32.